The lowest BCUT2D eigenvalue weighted by atomic mass is 10.3. The molecule has 0 saturated heterocycles. The Balaban J connectivity index is 2.33. The van der Waals surface area contributed by atoms with E-state index in [2.05, 4.69) is 5.32 Å². The molecule has 1 aromatic carbocycles. The third-order valence-corrected chi connectivity index (χ3v) is 3.07. The lowest BCUT2D eigenvalue weighted by Gasteiger charge is -2.20. The van der Waals surface area contributed by atoms with Crippen LogP contribution in [-0.2, 0) is 9.59 Å². The summed E-state index contributed by atoms with van der Waals surface area (Å²) < 4.78 is 10.6. The SMILES string of the molecule is CCCN(CCNC(=O)COc1ccccc1OC)C(C)=O. The zero-order valence-electron chi connectivity index (χ0n) is 13.4. The van der Waals surface area contributed by atoms with Gasteiger partial charge in [-0.2, -0.15) is 0 Å². The molecule has 0 unspecified atom stereocenters. The molecule has 1 N–H and O–H groups in total. The van der Waals surface area contributed by atoms with Gasteiger partial charge in [-0.25, -0.2) is 0 Å². The highest BCUT2D eigenvalue weighted by Crippen LogP contribution is 2.25. The summed E-state index contributed by atoms with van der Waals surface area (Å²) in [6.07, 6.45) is 0.893. The van der Waals surface area contributed by atoms with Crippen LogP contribution in [0.15, 0.2) is 24.3 Å². The molecule has 122 valence electrons. The Morgan fingerprint density at radius 3 is 2.45 bits per heavy atom. The van der Waals surface area contributed by atoms with Gasteiger partial charge < -0.3 is 19.7 Å². The van der Waals surface area contributed by atoms with Crippen LogP contribution in [0.4, 0.5) is 0 Å². The Morgan fingerprint density at radius 1 is 1.18 bits per heavy atom. The molecule has 0 aromatic heterocycles. The fourth-order valence-corrected chi connectivity index (χ4v) is 1.96. The molecule has 0 radical (unpaired) electrons. The number of nitrogens with zero attached hydrogens (tertiary/aromatic N) is 1. The number of benzene rings is 1. The van der Waals surface area contributed by atoms with E-state index in [9.17, 15) is 9.59 Å². The molecular formula is C16H24N2O4. The van der Waals surface area contributed by atoms with E-state index < -0.39 is 0 Å². The molecule has 22 heavy (non-hydrogen) atoms. The van der Waals surface area contributed by atoms with Crippen LogP contribution in [0.3, 0.4) is 0 Å². The molecule has 0 saturated carbocycles. The zero-order chi connectivity index (χ0) is 16.4. The van der Waals surface area contributed by atoms with Crippen molar-refractivity contribution in [3.05, 3.63) is 24.3 Å². The number of hydrogen-bond acceptors (Lipinski definition) is 4. The van der Waals surface area contributed by atoms with E-state index in [1.807, 2.05) is 19.1 Å². The van der Waals surface area contributed by atoms with Crippen LogP contribution in [0.2, 0.25) is 0 Å². The van der Waals surface area contributed by atoms with E-state index in [1.54, 1.807) is 24.1 Å². The number of ether oxygens (including phenoxy) is 2. The predicted molar refractivity (Wildman–Crippen MR) is 84.0 cm³/mol. The van der Waals surface area contributed by atoms with Gasteiger partial charge in [0.1, 0.15) is 0 Å². The number of carbonyl (C=O) groups excluding carboxylic acids is 2. The minimum atomic E-state index is -0.231. The van der Waals surface area contributed by atoms with Crippen molar-refractivity contribution in [2.24, 2.45) is 0 Å². The van der Waals surface area contributed by atoms with Gasteiger partial charge in [0, 0.05) is 26.6 Å². The van der Waals surface area contributed by atoms with Gasteiger partial charge in [0.15, 0.2) is 18.1 Å². The first-order valence-corrected chi connectivity index (χ1v) is 7.36. The Kier molecular flexibility index (Phi) is 7.81. The number of para-hydroxylation sites is 2. The molecule has 0 aliphatic carbocycles. The number of nitrogens with one attached hydrogen (secondary N) is 1. The topological polar surface area (TPSA) is 67.9 Å². The summed E-state index contributed by atoms with van der Waals surface area (Å²) in [7, 11) is 1.55. The van der Waals surface area contributed by atoms with E-state index in [1.165, 1.54) is 6.92 Å². The monoisotopic (exact) mass is 308 g/mol. The van der Waals surface area contributed by atoms with E-state index in [4.69, 9.17) is 9.47 Å². The van der Waals surface area contributed by atoms with Crippen molar-refractivity contribution in [3.8, 4) is 11.5 Å². The number of methoxy groups -OCH3 is 1. The molecule has 0 spiro atoms. The summed E-state index contributed by atoms with van der Waals surface area (Å²) in [6.45, 7) is 5.06. The fourth-order valence-electron chi connectivity index (χ4n) is 1.96. The Labute approximate surface area is 131 Å². The summed E-state index contributed by atoms with van der Waals surface area (Å²) in [5.41, 5.74) is 0. The minimum Gasteiger partial charge on any atom is -0.493 e. The average Bonchev–Trinajstić information content (AvgIpc) is 2.52. The summed E-state index contributed by atoms with van der Waals surface area (Å²) in [6, 6.07) is 7.15. The van der Waals surface area contributed by atoms with Gasteiger partial charge in [-0.1, -0.05) is 19.1 Å². The van der Waals surface area contributed by atoms with Crippen molar-refractivity contribution in [1.82, 2.24) is 10.2 Å². The molecule has 2 amide bonds. The van der Waals surface area contributed by atoms with Gasteiger partial charge in [0.05, 0.1) is 7.11 Å². The first-order chi connectivity index (χ1) is 10.6. The summed E-state index contributed by atoms with van der Waals surface area (Å²) in [4.78, 5) is 24.8. The normalized spacial score (nSPS) is 9.95. The lowest BCUT2D eigenvalue weighted by molar-refractivity contribution is -0.129. The van der Waals surface area contributed by atoms with Crippen LogP contribution in [0, 0.1) is 0 Å². The Bertz CT molecular complexity index is 491. The molecule has 0 heterocycles. The maximum atomic E-state index is 11.7. The second-order valence-electron chi connectivity index (χ2n) is 4.80. The van der Waals surface area contributed by atoms with Crippen molar-refractivity contribution >= 4 is 11.8 Å². The first kappa shape index (κ1) is 17.8. The van der Waals surface area contributed by atoms with Crippen LogP contribution in [0.5, 0.6) is 11.5 Å². The van der Waals surface area contributed by atoms with E-state index in [0.29, 0.717) is 31.1 Å². The van der Waals surface area contributed by atoms with Crippen molar-refractivity contribution in [3.63, 3.8) is 0 Å². The van der Waals surface area contributed by atoms with Crippen molar-refractivity contribution < 1.29 is 19.1 Å². The predicted octanol–water partition coefficient (Wildman–Crippen LogP) is 1.45. The Morgan fingerprint density at radius 2 is 1.86 bits per heavy atom. The number of carbonyl (C=O) groups is 2. The second-order valence-corrected chi connectivity index (χ2v) is 4.80. The Hall–Kier alpha value is -2.24. The molecule has 1 aromatic rings. The maximum absolute atomic E-state index is 11.7. The lowest BCUT2D eigenvalue weighted by Crippen LogP contribution is -2.39. The molecule has 0 bridgehead atoms. The smallest absolute Gasteiger partial charge is 0.258 e. The molecular weight excluding hydrogens is 284 g/mol. The molecule has 6 nitrogen and oxygen atoms in total. The number of hydrogen-bond donors (Lipinski definition) is 1. The van der Waals surface area contributed by atoms with Gasteiger partial charge in [-0.05, 0) is 18.6 Å². The van der Waals surface area contributed by atoms with E-state index in [0.717, 1.165) is 6.42 Å². The maximum Gasteiger partial charge on any atom is 0.258 e. The number of rotatable bonds is 9. The summed E-state index contributed by atoms with van der Waals surface area (Å²) in [5, 5.41) is 2.74. The molecule has 6 heteroatoms. The van der Waals surface area contributed by atoms with Gasteiger partial charge in [-0.15, -0.1) is 0 Å². The fraction of sp³-hybridized carbons (Fsp3) is 0.500. The van der Waals surface area contributed by atoms with Crippen LogP contribution in [0.25, 0.3) is 0 Å². The highest BCUT2D eigenvalue weighted by Gasteiger charge is 2.09. The van der Waals surface area contributed by atoms with Gasteiger partial charge >= 0.3 is 0 Å². The average molecular weight is 308 g/mol. The van der Waals surface area contributed by atoms with Crippen molar-refractivity contribution in [2.75, 3.05) is 33.4 Å². The van der Waals surface area contributed by atoms with Crippen LogP contribution in [0.1, 0.15) is 20.3 Å². The summed E-state index contributed by atoms with van der Waals surface area (Å²) >= 11 is 0. The number of amides is 2. The van der Waals surface area contributed by atoms with Gasteiger partial charge in [0.2, 0.25) is 5.91 Å². The van der Waals surface area contributed by atoms with Crippen LogP contribution < -0.4 is 14.8 Å². The molecule has 0 fully saturated rings. The summed E-state index contributed by atoms with van der Waals surface area (Å²) in [5.74, 6) is 0.893. The quantitative estimate of drug-likeness (QED) is 0.750. The van der Waals surface area contributed by atoms with Gasteiger partial charge in [0.25, 0.3) is 5.91 Å². The van der Waals surface area contributed by atoms with Crippen LogP contribution >= 0.6 is 0 Å². The van der Waals surface area contributed by atoms with E-state index in [-0.39, 0.29) is 18.4 Å². The second kappa shape index (κ2) is 9.65. The zero-order valence-corrected chi connectivity index (χ0v) is 13.4. The molecule has 0 aliphatic rings. The van der Waals surface area contributed by atoms with Crippen LogP contribution in [-0.4, -0.2) is 50.1 Å². The molecule has 0 aliphatic heterocycles. The van der Waals surface area contributed by atoms with Crippen molar-refractivity contribution in [2.45, 2.75) is 20.3 Å². The third kappa shape index (κ3) is 6.03. The highest BCUT2D eigenvalue weighted by atomic mass is 16.5. The minimum absolute atomic E-state index is 0.0152. The highest BCUT2D eigenvalue weighted by molar-refractivity contribution is 5.77. The van der Waals surface area contributed by atoms with Crippen molar-refractivity contribution in [1.29, 1.82) is 0 Å². The largest absolute Gasteiger partial charge is 0.493 e. The molecule has 0 atom stereocenters. The van der Waals surface area contributed by atoms with Gasteiger partial charge in [-0.3, -0.25) is 9.59 Å². The molecule has 1 rings (SSSR count). The first-order valence-electron chi connectivity index (χ1n) is 7.36. The van der Waals surface area contributed by atoms with E-state index >= 15 is 0 Å². The third-order valence-electron chi connectivity index (χ3n) is 3.07. The standard InChI is InChI=1S/C16H24N2O4/c1-4-10-18(13(2)19)11-9-17-16(20)12-22-15-8-6-5-7-14(15)21-3/h5-8H,4,9-12H2,1-3H3,(H,17,20).